The topological polar surface area (TPSA) is 721 Å². The van der Waals surface area contributed by atoms with Gasteiger partial charge in [-0.15, -0.1) is 0 Å². The number of thioether (sulfide) groups is 7. The average Bonchev–Trinajstić information content (AvgIpc) is 1.62. The minimum absolute atomic E-state index is 0.0859. The summed E-state index contributed by atoms with van der Waals surface area (Å²) in [6, 6.07) is 0. The number of rotatable bonds is 35. The van der Waals surface area contributed by atoms with Crippen LogP contribution in [0.15, 0.2) is 0 Å². The van der Waals surface area contributed by atoms with Gasteiger partial charge in [0.15, 0.2) is 50.3 Å². The first-order valence-corrected chi connectivity index (χ1v) is 47.0. The van der Waals surface area contributed by atoms with Crippen LogP contribution in [-0.2, 0) is 114 Å². The molecule has 31 aliphatic rings. The van der Waals surface area contributed by atoms with Gasteiger partial charge in [0.2, 0.25) is 0 Å². The highest BCUT2D eigenvalue weighted by atomic mass is 32.2. The van der Waals surface area contributed by atoms with E-state index in [2.05, 4.69) is 0 Å². The first-order chi connectivity index (χ1) is 58.0. The molecule has 0 radical (unpaired) electrons. The van der Waals surface area contributed by atoms with E-state index in [1.165, 1.54) is 0 Å². The molecule has 0 aromatic carbocycles. The van der Waals surface area contributed by atoms with Crippen LogP contribution in [0.4, 0.5) is 0 Å². The summed E-state index contributed by atoms with van der Waals surface area (Å²) in [4.78, 5) is 82.2. The zero-order chi connectivity index (χ0) is 88.7. The molecule has 22 N–H and O–H groups in total. The highest BCUT2D eigenvalue weighted by Gasteiger charge is 2.62. The van der Waals surface area contributed by atoms with E-state index < -0.39 is 332 Å². The molecular weight excluding hydrogens is 1790 g/mol. The van der Waals surface area contributed by atoms with Crippen LogP contribution in [0.3, 0.4) is 0 Å². The van der Waals surface area contributed by atoms with Crippen molar-refractivity contribution in [1.82, 2.24) is 0 Å². The van der Waals surface area contributed by atoms with Gasteiger partial charge < -0.3 is 193 Å². The Balaban J connectivity index is 1.01. The van der Waals surface area contributed by atoms with Gasteiger partial charge >= 0.3 is 41.8 Å². The Kier molecular flexibility index (Phi) is 40.0. The van der Waals surface area contributed by atoms with Crippen molar-refractivity contribution in [2.45, 2.75) is 291 Å². The molecule has 18 bridgehead atoms. The Labute approximate surface area is 724 Å². The van der Waals surface area contributed by atoms with Crippen molar-refractivity contribution in [2.24, 2.45) is 0 Å². The lowest BCUT2D eigenvalue weighted by atomic mass is 9.95. The van der Waals surface area contributed by atoms with E-state index in [9.17, 15) is 146 Å². The van der Waals surface area contributed by atoms with Crippen LogP contribution in [0.25, 0.3) is 0 Å². The van der Waals surface area contributed by atoms with Crippen molar-refractivity contribution < 1.29 is 226 Å². The third-order valence-corrected chi connectivity index (χ3v) is 28.5. The van der Waals surface area contributed by atoms with Crippen LogP contribution in [0, 0.1) is 0 Å². The molecule has 122 heavy (non-hydrogen) atoms. The van der Waals surface area contributed by atoms with Gasteiger partial charge in [0.05, 0.1) is 94.3 Å². The van der Waals surface area contributed by atoms with E-state index in [-0.39, 0.29) is 87.1 Å². The number of carboxylic acid groups (broad SMARTS) is 7. The van der Waals surface area contributed by atoms with Crippen LogP contribution >= 0.6 is 82.3 Å². The largest absolute Gasteiger partial charge is 0.481 e. The first kappa shape index (κ1) is 102. The highest BCUT2D eigenvalue weighted by molar-refractivity contribution is 8.00. The fraction of sp³-hybridized carbons (Fsp3) is 0.899. The van der Waals surface area contributed by atoms with E-state index in [1.54, 1.807) is 0 Å². The summed E-state index contributed by atoms with van der Waals surface area (Å²) in [6.45, 7) is -0.378. The van der Waals surface area contributed by atoms with E-state index >= 15 is 0 Å². The van der Waals surface area contributed by atoms with Gasteiger partial charge in [-0.05, 0) is 0 Å². The zero-order valence-electron chi connectivity index (χ0n) is 64.6. The molecule has 31 aliphatic heterocycles. The van der Waals surface area contributed by atoms with Crippen molar-refractivity contribution in [3.8, 4) is 0 Å². The van der Waals surface area contributed by atoms with Crippen LogP contribution in [0.5, 0.6) is 0 Å². The van der Waals surface area contributed by atoms with Crippen molar-refractivity contribution >= 4 is 124 Å². The van der Waals surface area contributed by atoms with Crippen LogP contribution in [-0.4, -0.2) is 487 Å². The third-order valence-electron chi connectivity index (χ3n) is 21.1. The number of carboxylic acids is 7. The van der Waals surface area contributed by atoms with Gasteiger partial charge in [-0.25, -0.2) is 0 Å². The summed E-state index contributed by atoms with van der Waals surface area (Å²) in [5, 5.41) is 249. The number of aliphatic hydroxyl groups is 15. The molecule has 0 saturated carbocycles. The van der Waals surface area contributed by atoms with Gasteiger partial charge in [-0.3, -0.25) is 33.6 Å². The SMILES string of the molecule is O=C(O)CCSC[C@H]1O[C@@H]2O[C@H]3[C@H](O)[C@@H](O)[C@@H](O[C@H]4[C@H](O)[C@@H](O)[C@@H](O[C@H]5[C@H](O)[C@@H](O)[C@@H](O[C@H]6[C@@H]7OC[C@H]6O[C@H](O[C@H]6[C@H](O)[C@@H](O)[C@@H](O[C@H]8[C@H](O)[C@@H](O)[C@@H](O[C@H]9[C@H](O)[C@@H](O)[C@@H](O[C@H]1[C@H](O)[C@H]2O)O[C@@H]9CSCCC(=O)O)O[C@@H]8CSCCC(=O)O)O[C@@H]6CSCCC(=O)O)[C@@H]7O)O[C@@H]5CSCCC(=O)O)O[C@@H]4CSCCC(=O)O)O[C@@H]3CSCCC(=O)O. The predicted octanol–water partition coefficient (Wildman–Crippen LogP) is -7.85. The van der Waals surface area contributed by atoms with Crippen LogP contribution < -0.4 is 0 Å². The first-order valence-electron chi connectivity index (χ1n) is 38.9. The maximum Gasteiger partial charge on any atom is 0.304 e. The molecule has 0 aromatic rings. The Morgan fingerprint density at radius 1 is 0.197 bits per heavy atom. The van der Waals surface area contributed by atoms with Crippen LogP contribution in [0.1, 0.15) is 44.9 Å². The molecule has 31 heterocycles. The second-order valence-corrected chi connectivity index (χ2v) is 37.9. The summed E-state index contributed by atoms with van der Waals surface area (Å²) in [5.74, 6) is -11.7. The average molecular weight is 1900 g/mol. The smallest absolute Gasteiger partial charge is 0.304 e. The molecule has 0 unspecified atom stereocenters. The molecule has 53 heteroatoms. The molecular formula is C69H106O46S7. The van der Waals surface area contributed by atoms with Crippen molar-refractivity contribution in [3.05, 3.63) is 0 Å². The lowest BCUT2D eigenvalue weighted by Gasteiger charge is -2.51. The van der Waals surface area contributed by atoms with E-state index in [0.717, 1.165) is 82.3 Å². The summed E-state index contributed by atoms with van der Waals surface area (Å²) < 4.78 is 106. The Hall–Kier alpha value is -2.54. The minimum Gasteiger partial charge on any atom is -0.481 e. The van der Waals surface area contributed by atoms with Crippen molar-refractivity contribution in [3.63, 3.8) is 0 Å². The molecule has 0 amide bonds. The Bertz CT molecular complexity index is 3210. The fourth-order valence-corrected chi connectivity index (χ4v) is 21.6. The van der Waals surface area contributed by atoms with E-state index in [4.69, 9.17) is 80.5 Å². The summed E-state index contributed by atoms with van der Waals surface area (Å²) in [6.07, 6.45) is -80.4. The summed E-state index contributed by atoms with van der Waals surface area (Å²) in [7, 11) is 0. The monoisotopic (exact) mass is 1890 g/mol. The second kappa shape index (κ2) is 48.0. The number of hydrogen-bond acceptors (Lipinski definition) is 46. The number of carbonyl (C=O) groups is 7. The minimum atomic E-state index is -2.30. The molecule has 40 atom stereocenters. The van der Waals surface area contributed by atoms with Gasteiger partial charge in [-0.2, -0.15) is 82.3 Å². The van der Waals surface area contributed by atoms with Gasteiger partial charge in [0.1, 0.15) is 153 Å². The summed E-state index contributed by atoms with van der Waals surface area (Å²) >= 11 is 6.43. The maximum atomic E-state index is 12.3. The Morgan fingerprint density at radius 2 is 0.352 bits per heavy atom. The standard InChI is InChI=1S/C69H106O46S7/c70-31(71)1-8-116-16-24-53-38(84)45(91)62(101-24)109-54-25(17-117-9-2-32(72)73)103-64(47(93)40(54)86)111-56-27(19-119-11-4-34(76)77)105-66(49(95)42(56)88)113-58-29(21-121-13-6-36(80)81)107-68(51(97)44(58)90)115-60-23-15-99-61(60)52(98)69(100-23)114-59-30(22-122-14-7-37(82)83)106-67(50(96)43(59)89)112-57-28(20-120-12-5-35(78)79)104-65(48(94)41(57)87)110-55-26(18-118-10-3-33(74)75)102-63(108-53)46(92)39(55)85/h23-30,38-69,84-98H,1-22H2,(H,70,71)(H,72,73)(H,74,75)(H,76,77)(H,78,79)(H,80,81)(H,82,83)/t23-,24-,25-,26-,27-,28-,29-,30-,38-,39-,40-,41-,42-,43-,44-,45-,46-,47-,48-,49-,50-,51-,52-,53-,54-,55-,56-,57-,58-,59-,60-,61-,62-,63-,64-,65-,66-,67-,68-,69-/m1/s1. The molecule has 31 saturated heterocycles. The lowest BCUT2D eigenvalue weighted by Crippen LogP contribution is -2.68. The number of aliphatic hydroxyl groups excluding tert-OH is 15. The molecule has 31 rings (SSSR count). The van der Waals surface area contributed by atoms with Crippen molar-refractivity contribution in [2.75, 3.05) is 87.1 Å². The maximum absolute atomic E-state index is 12.3. The molecule has 0 spiro atoms. The number of aliphatic carboxylic acids is 7. The van der Waals surface area contributed by atoms with Crippen LogP contribution in [0.2, 0.25) is 0 Å². The van der Waals surface area contributed by atoms with Crippen molar-refractivity contribution in [1.29, 1.82) is 0 Å². The van der Waals surface area contributed by atoms with Gasteiger partial charge in [0, 0.05) is 80.5 Å². The lowest BCUT2D eigenvalue weighted by molar-refractivity contribution is -0.394. The normalized spacial score (nSPS) is 43.3. The second-order valence-electron chi connectivity index (χ2n) is 29.8. The molecule has 700 valence electrons. The van der Waals surface area contributed by atoms with Gasteiger partial charge in [-0.1, -0.05) is 0 Å². The molecule has 0 aromatic heterocycles. The number of hydrogen-bond donors (Lipinski definition) is 22. The fourth-order valence-electron chi connectivity index (χ4n) is 14.7. The Morgan fingerprint density at radius 3 is 0.516 bits per heavy atom. The van der Waals surface area contributed by atoms with E-state index in [1.807, 2.05) is 0 Å². The number of ether oxygens (including phenoxy) is 17. The molecule has 46 nitrogen and oxygen atoms in total. The highest BCUT2D eigenvalue weighted by Crippen LogP contribution is 2.44. The summed E-state index contributed by atoms with van der Waals surface area (Å²) in [5.41, 5.74) is 0. The van der Waals surface area contributed by atoms with E-state index in [0.29, 0.717) is 0 Å². The molecule has 31 fully saturated rings. The quantitative estimate of drug-likeness (QED) is 0.0262. The van der Waals surface area contributed by atoms with Gasteiger partial charge in [0.25, 0.3) is 0 Å². The predicted molar refractivity (Wildman–Crippen MR) is 415 cm³/mol. The zero-order valence-corrected chi connectivity index (χ0v) is 70.4. The third kappa shape index (κ3) is 26.9. The molecule has 0 aliphatic carbocycles.